The van der Waals surface area contributed by atoms with Crippen LogP contribution in [0.2, 0.25) is 0 Å². The van der Waals surface area contributed by atoms with Crippen molar-refractivity contribution >= 4 is 27.3 Å². The Hall–Kier alpha value is -2.48. The maximum atomic E-state index is 14.4. The summed E-state index contributed by atoms with van der Waals surface area (Å²) in [7, 11) is -3.58. The molecule has 188 valence electrons. The zero-order chi connectivity index (χ0) is 25.3. The molecule has 0 bridgehead atoms. The van der Waals surface area contributed by atoms with Crippen LogP contribution in [0.15, 0.2) is 30.3 Å². The minimum Gasteiger partial charge on any atom is -0.356 e. The largest absolute Gasteiger partial charge is 0.356 e. The first-order valence-electron chi connectivity index (χ1n) is 12.1. The third-order valence-electron chi connectivity index (χ3n) is 5.87. The van der Waals surface area contributed by atoms with Gasteiger partial charge in [0.25, 0.3) is 0 Å². The normalized spacial score (nSPS) is 12.4. The number of carbonyl (C=O) groups is 1. The average molecular weight is 492 g/mol. The summed E-state index contributed by atoms with van der Waals surface area (Å²) in [5.41, 5.74) is 2.41. The van der Waals surface area contributed by atoms with E-state index in [0.29, 0.717) is 18.4 Å². The molecule has 0 aliphatic rings. The summed E-state index contributed by atoms with van der Waals surface area (Å²) < 4.78 is 39.3. The first-order valence-corrected chi connectivity index (χ1v) is 14.0. The van der Waals surface area contributed by atoms with Crippen LogP contribution in [0.4, 0.5) is 15.9 Å². The van der Waals surface area contributed by atoms with Crippen LogP contribution in [-0.2, 0) is 21.2 Å². The Bertz CT molecular complexity index is 1060. The van der Waals surface area contributed by atoms with Crippen molar-refractivity contribution in [1.82, 2.24) is 4.98 Å². The molecular formula is C26H38FN3O3S. The van der Waals surface area contributed by atoms with Crippen molar-refractivity contribution in [1.29, 1.82) is 0 Å². The summed E-state index contributed by atoms with van der Waals surface area (Å²) in [5.74, 6) is -0.233. The number of hydrogen-bond donors (Lipinski definition) is 1. The van der Waals surface area contributed by atoms with Crippen LogP contribution in [0.1, 0.15) is 75.6 Å². The smallest absolute Gasteiger partial charge is 0.229 e. The number of unbranched alkanes of at least 4 members (excludes halogenated alkanes) is 2. The van der Waals surface area contributed by atoms with Crippen LogP contribution in [-0.4, -0.2) is 38.5 Å². The number of carbonyl (C=O) groups excluding carboxylic acids is 1. The summed E-state index contributed by atoms with van der Waals surface area (Å²) in [6.07, 6.45) is 6.24. The van der Waals surface area contributed by atoms with Crippen LogP contribution >= 0.6 is 0 Å². The number of pyridine rings is 1. The molecule has 0 aliphatic carbocycles. The molecule has 8 heteroatoms. The number of ketones is 1. The van der Waals surface area contributed by atoms with E-state index >= 15 is 0 Å². The van der Waals surface area contributed by atoms with Gasteiger partial charge < -0.3 is 4.90 Å². The molecule has 0 aliphatic heterocycles. The van der Waals surface area contributed by atoms with Crippen molar-refractivity contribution in [2.45, 2.75) is 72.1 Å². The number of aromatic nitrogens is 1. The number of nitrogens with zero attached hydrogens (tertiary/aromatic N) is 2. The van der Waals surface area contributed by atoms with Crippen LogP contribution in [0.3, 0.4) is 0 Å². The molecule has 2 aromatic rings. The molecule has 1 aromatic heterocycles. The van der Waals surface area contributed by atoms with Gasteiger partial charge in [-0.05, 0) is 55.5 Å². The fraction of sp³-hybridized carbons (Fsp3) is 0.538. The number of benzene rings is 1. The number of anilines is 2. The third kappa shape index (κ3) is 8.38. The Labute approximate surface area is 204 Å². The van der Waals surface area contributed by atoms with Gasteiger partial charge in [-0.1, -0.05) is 45.7 Å². The van der Waals surface area contributed by atoms with Gasteiger partial charge in [0.05, 0.1) is 11.9 Å². The topological polar surface area (TPSA) is 79.4 Å². The highest BCUT2D eigenvalue weighted by Gasteiger charge is 2.20. The van der Waals surface area contributed by atoms with Crippen LogP contribution in [0.25, 0.3) is 0 Å². The lowest BCUT2D eigenvalue weighted by Gasteiger charge is -2.26. The van der Waals surface area contributed by atoms with E-state index in [2.05, 4.69) is 29.5 Å². The van der Waals surface area contributed by atoms with Gasteiger partial charge in [0.2, 0.25) is 10.0 Å². The molecule has 1 N–H and O–H groups in total. The maximum absolute atomic E-state index is 14.4. The fourth-order valence-corrected chi connectivity index (χ4v) is 4.37. The van der Waals surface area contributed by atoms with Crippen molar-refractivity contribution in [3.05, 3.63) is 53.0 Å². The van der Waals surface area contributed by atoms with E-state index in [0.717, 1.165) is 62.1 Å². The standard InChI is InChI=1S/C26H38FN3O3S/c1-6-8-16-30(17-9-7-2)26-21(11-10-19(3)28-26)13-15-25(31)20(4)22-12-14-24(23(27)18-22)29-34(5,32)33/h10-12,14,18,20,29H,6-9,13,15-17H2,1-5H3. The number of rotatable bonds is 14. The predicted molar refractivity (Wildman–Crippen MR) is 138 cm³/mol. The molecule has 0 amide bonds. The van der Waals surface area contributed by atoms with E-state index in [4.69, 9.17) is 4.98 Å². The van der Waals surface area contributed by atoms with Gasteiger partial charge in [-0.2, -0.15) is 0 Å². The summed E-state index contributed by atoms with van der Waals surface area (Å²) in [6, 6.07) is 8.22. The fourth-order valence-electron chi connectivity index (χ4n) is 3.81. The maximum Gasteiger partial charge on any atom is 0.229 e. The highest BCUT2D eigenvalue weighted by molar-refractivity contribution is 7.92. The van der Waals surface area contributed by atoms with E-state index in [-0.39, 0.29) is 11.5 Å². The number of aryl methyl sites for hydroxylation is 2. The lowest BCUT2D eigenvalue weighted by molar-refractivity contribution is -0.120. The molecule has 0 saturated heterocycles. The zero-order valence-electron chi connectivity index (χ0n) is 21.0. The van der Waals surface area contributed by atoms with Crippen LogP contribution in [0, 0.1) is 12.7 Å². The van der Waals surface area contributed by atoms with Crippen molar-refractivity contribution in [3.8, 4) is 0 Å². The van der Waals surface area contributed by atoms with E-state index in [1.807, 2.05) is 13.0 Å². The van der Waals surface area contributed by atoms with Gasteiger partial charge in [0, 0.05) is 31.1 Å². The molecule has 1 atom stereocenters. The molecule has 2 rings (SSSR count). The van der Waals surface area contributed by atoms with E-state index < -0.39 is 21.8 Å². The molecular weight excluding hydrogens is 453 g/mol. The average Bonchev–Trinajstić information content (AvgIpc) is 2.78. The summed E-state index contributed by atoms with van der Waals surface area (Å²) in [5, 5.41) is 0. The second kappa shape index (κ2) is 12.8. The molecule has 1 aromatic carbocycles. The minimum atomic E-state index is -3.58. The summed E-state index contributed by atoms with van der Waals surface area (Å²) in [6.45, 7) is 9.97. The quantitative estimate of drug-likeness (QED) is 0.371. The Morgan fingerprint density at radius 1 is 1.12 bits per heavy atom. The third-order valence-corrected chi connectivity index (χ3v) is 6.46. The molecule has 0 fully saturated rings. The second-order valence-corrected chi connectivity index (χ2v) is 10.7. The molecule has 0 saturated carbocycles. The zero-order valence-corrected chi connectivity index (χ0v) is 21.8. The Morgan fingerprint density at radius 2 is 1.76 bits per heavy atom. The first-order chi connectivity index (χ1) is 16.1. The second-order valence-electron chi connectivity index (χ2n) is 8.93. The Balaban J connectivity index is 2.15. The number of nitrogens with one attached hydrogen (secondary N) is 1. The first kappa shape index (κ1) is 27.8. The predicted octanol–water partition coefficient (Wildman–Crippen LogP) is 5.61. The lowest BCUT2D eigenvalue weighted by Crippen LogP contribution is -2.28. The Morgan fingerprint density at radius 3 is 2.32 bits per heavy atom. The number of hydrogen-bond acceptors (Lipinski definition) is 5. The van der Waals surface area contributed by atoms with Crippen molar-refractivity contribution in [2.75, 3.05) is 29.0 Å². The van der Waals surface area contributed by atoms with Crippen LogP contribution in [0.5, 0.6) is 0 Å². The summed E-state index contributed by atoms with van der Waals surface area (Å²) in [4.78, 5) is 20.1. The van der Waals surface area contributed by atoms with E-state index in [9.17, 15) is 17.6 Å². The molecule has 1 unspecified atom stereocenters. The van der Waals surface area contributed by atoms with Crippen molar-refractivity contribution in [2.24, 2.45) is 0 Å². The van der Waals surface area contributed by atoms with Gasteiger partial charge in [0.15, 0.2) is 0 Å². The summed E-state index contributed by atoms with van der Waals surface area (Å²) >= 11 is 0. The van der Waals surface area contributed by atoms with Crippen LogP contribution < -0.4 is 9.62 Å². The molecule has 0 radical (unpaired) electrons. The van der Waals surface area contributed by atoms with E-state index in [1.54, 1.807) is 13.0 Å². The van der Waals surface area contributed by atoms with Gasteiger partial charge >= 0.3 is 0 Å². The van der Waals surface area contributed by atoms with Gasteiger partial charge in [-0.25, -0.2) is 17.8 Å². The SMILES string of the molecule is CCCCN(CCCC)c1nc(C)ccc1CCC(=O)C(C)c1ccc(NS(C)(=O)=O)c(F)c1. The number of sulfonamides is 1. The number of halogens is 1. The molecule has 1 heterocycles. The minimum absolute atomic E-state index is 0.00316. The lowest BCUT2D eigenvalue weighted by atomic mass is 9.92. The highest BCUT2D eigenvalue weighted by atomic mass is 32.2. The molecule has 0 spiro atoms. The van der Waals surface area contributed by atoms with E-state index in [1.165, 1.54) is 12.1 Å². The van der Waals surface area contributed by atoms with Gasteiger partial charge in [-0.3, -0.25) is 9.52 Å². The number of Topliss-reactive ketones (excluding diaryl/α,β-unsaturated/α-hetero) is 1. The highest BCUT2D eigenvalue weighted by Crippen LogP contribution is 2.26. The van der Waals surface area contributed by atoms with Gasteiger partial charge in [0.1, 0.15) is 17.4 Å². The molecule has 6 nitrogen and oxygen atoms in total. The monoisotopic (exact) mass is 491 g/mol. The Kier molecular flexibility index (Phi) is 10.5. The van der Waals surface area contributed by atoms with Crippen molar-refractivity contribution in [3.63, 3.8) is 0 Å². The van der Waals surface area contributed by atoms with Gasteiger partial charge in [-0.15, -0.1) is 0 Å². The van der Waals surface area contributed by atoms with Crippen molar-refractivity contribution < 1.29 is 17.6 Å². The molecule has 34 heavy (non-hydrogen) atoms.